The summed E-state index contributed by atoms with van der Waals surface area (Å²) < 4.78 is 0. The number of hydrogen-bond acceptors (Lipinski definition) is 7. The Hall–Kier alpha value is 0.983. The van der Waals surface area contributed by atoms with E-state index in [1.165, 1.54) is 36.8 Å². The maximum absolute atomic E-state index is 12.0. The van der Waals surface area contributed by atoms with Gasteiger partial charge in [0.25, 0.3) is 0 Å². The van der Waals surface area contributed by atoms with E-state index >= 15 is 0 Å². The molecule has 9 nitrogen and oxygen atoms in total. The van der Waals surface area contributed by atoms with Crippen molar-refractivity contribution in [3.63, 3.8) is 0 Å². The number of carboxylic acids is 3. The molecular weight excluding hydrogens is 422 g/mol. The molecule has 0 saturated heterocycles. The predicted molar refractivity (Wildman–Crippen MR) is 89.7 cm³/mol. The van der Waals surface area contributed by atoms with Gasteiger partial charge in [-0.2, -0.15) is 0 Å². The zero-order valence-corrected chi connectivity index (χ0v) is 23.9. The van der Waals surface area contributed by atoms with E-state index in [0.29, 0.717) is 6.42 Å². The number of hydrogen-bond donors (Lipinski definition) is 2. The van der Waals surface area contributed by atoms with E-state index in [2.05, 4.69) is 0 Å². The van der Waals surface area contributed by atoms with E-state index < -0.39 is 36.0 Å². The Balaban J connectivity index is -0.00000312. The van der Waals surface area contributed by atoms with E-state index in [1.54, 1.807) is 0 Å². The maximum Gasteiger partial charge on any atom is 1.00 e. The smallest absolute Gasteiger partial charge is 0.874 e. The second-order valence-corrected chi connectivity index (χ2v) is 6.20. The molecule has 0 aromatic carbocycles. The molecule has 3 unspecified atom stereocenters. The number of nitrogens with zero attached hydrogens (tertiary/aromatic N) is 2. The van der Waals surface area contributed by atoms with Crippen molar-refractivity contribution in [3.05, 3.63) is 12.0 Å². The molecule has 0 aliphatic heterocycles. The van der Waals surface area contributed by atoms with Crippen LogP contribution < -0.4 is 113 Å². The third kappa shape index (κ3) is 12.6. The number of rotatable bonds is 13. The fraction of sp³-hybridized carbons (Fsp3) is 0.706. The summed E-state index contributed by atoms with van der Waals surface area (Å²) in [5, 5.41) is 41.5. The van der Waals surface area contributed by atoms with Crippen LogP contribution in [0, 0.1) is 0 Å². The minimum absolute atomic E-state index is 0. The second kappa shape index (κ2) is 17.6. The summed E-state index contributed by atoms with van der Waals surface area (Å²) in [5.74, 6) is -4.01. The van der Waals surface area contributed by atoms with Gasteiger partial charge in [-0.3, -0.25) is 14.5 Å². The van der Waals surface area contributed by atoms with Crippen LogP contribution in [0.5, 0.6) is 0 Å². The minimum Gasteiger partial charge on any atom is -0.874 e. The van der Waals surface area contributed by atoms with Crippen molar-refractivity contribution >= 4 is 17.9 Å². The molecule has 0 aliphatic carbocycles. The van der Waals surface area contributed by atoms with Gasteiger partial charge in [0.15, 0.2) is 0 Å². The van der Waals surface area contributed by atoms with E-state index in [0.717, 1.165) is 6.42 Å². The molecule has 0 spiro atoms. The Morgan fingerprint density at radius 2 is 1.39 bits per heavy atom. The van der Waals surface area contributed by atoms with Crippen LogP contribution in [0.3, 0.4) is 0 Å². The fourth-order valence-corrected chi connectivity index (χ4v) is 2.34. The van der Waals surface area contributed by atoms with Crippen LogP contribution in [0.4, 0.5) is 0 Å². The van der Waals surface area contributed by atoms with Crippen LogP contribution >= 0.6 is 0 Å². The van der Waals surface area contributed by atoms with Gasteiger partial charge in [-0.1, -0.05) is 19.8 Å². The Morgan fingerprint density at radius 3 is 1.75 bits per heavy atom. The monoisotopic (exact) mass is 450 g/mol. The summed E-state index contributed by atoms with van der Waals surface area (Å²) in [6.07, 6.45) is 2.94. The fourth-order valence-electron chi connectivity index (χ4n) is 2.34. The first-order valence-electron chi connectivity index (χ1n) is 8.58. The molecule has 0 aliphatic rings. The number of allylic oxidation sites excluding steroid dienone is 1. The summed E-state index contributed by atoms with van der Waals surface area (Å²) in [6.45, 7) is 5.91. The molecule has 0 aromatic rings. The van der Waals surface area contributed by atoms with Gasteiger partial charge < -0.3 is 30.1 Å². The van der Waals surface area contributed by atoms with Gasteiger partial charge in [0.05, 0.1) is 12.0 Å². The van der Waals surface area contributed by atoms with Crippen molar-refractivity contribution in [2.75, 3.05) is 13.1 Å². The molecule has 2 N–H and O–H groups in total. The molecule has 3 atom stereocenters. The molecule has 11 heteroatoms. The molecule has 0 fully saturated rings. The van der Waals surface area contributed by atoms with Crippen molar-refractivity contribution in [1.29, 1.82) is 0 Å². The number of carboxylic acid groups (broad SMARTS) is 3. The average Bonchev–Trinajstić information content (AvgIpc) is 2.57. The number of aliphatic carboxylic acids is 3. The van der Waals surface area contributed by atoms with Crippen LogP contribution in [-0.2, 0) is 14.4 Å². The molecule has 0 aromatic heterocycles. The summed E-state index contributed by atoms with van der Waals surface area (Å²) in [5.41, 5.74) is 0. The van der Waals surface area contributed by atoms with Crippen molar-refractivity contribution in [1.82, 2.24) is 9.80 Å². The SMILES string of the molecule is CCCC/C([O-])=C/N(CCN(C(C)C(=O)O)C(C)C(=O)O)C(C)C(=O)[O-].[K+].[K+]. The van der Waals surface area contributed by atoms with Crippen molar-refractivity contribution < 1.29 is 138 Å². The van der Waals surface area contributed by atoms with Crippen molar-refractivity contribution in [2.45, 2.75) is 65.1 Å². The third-order valence-electron chi connectivity index (χ3n) is 4.25. The molecule has 0 rings (SSSR count). The van der Waals surface area contributed by atoms with Gasteiger partial charge in [-0.15, -0.1) is 5.76 Å². The van der Waals surface area contributed by atoms with Crippen molar-refractivity contribution in [3.8, 4) is 0 Å². The van der Waals surface area contributed by atoms with E-state index in [9.17, 15) is 34.8 Å². The Bertz CT molecular complexity index is 512. The third-order valence-corrected chi connectivity index (χ3v) is 4.25. The normalized spacial score (nSPS) is 14.2. The van der Waals surface area contributed by atoms with Crippen LogP contribution in [0.15, 0.2) is 12.0 Å². The van der Waals surface area contributed by atoms with Gasteiger partial charge >= 0.3 is 115 Å². The summed E-state index contributed by atoms with van der Waals surface area (Å²) in [4.78, 5) is 36.1. The van der Waals surface area contributed by atoms with Gasteiger partial charge in [0, 0.05) is 13.1 Å². The molecule has 28 heavy (non-hydrogen) atoms. The van der Waals surface area contributed by atoms with E-state index in [-0.39, 0.29) is 128 Å². The van der Waals surface area contributed by atoms with Gasteiger partial charge in [0.1, 0.15) is 12.1 Å². The summed E-state index contributed by atoms with van der Waals surface area (Å²) in [6, 6.07) is -3.28. The topological polar surface area (TPSA) is 144 Å². The van der Waals surface area contributed by atoms with E-state index in [4.69, 9.17) is 0 Å². The maximum atomic E-state index is 12.0. The molecule has 0 bridgehead atoms. The van der Waals surface area contributed by atoms with Crippen LogP contribution in [0.2, 0.25) is 0 Å². The summed E-state index contributed by atoms with van der Waals surface area (Å²) in [7, 11) is 0. The molecule has 0 heterocycles. The van der Waals surface area contributed by atoms with Gasteiger partial charge in [0.2, 0.25) is 0 Å². The molecular formula is C17H28K2N2O7. The van der Waals surface area contributed by atoms with Crippen LogP contribution in [0.25, 0.3) is 0 Å². The second-order valence-electron chi connectivity index (χ2n) is 6.20. The number of unbranched alkanes of at least 4 members (excludes halogenated alkanes) is 1. The Morgan fingerprint density at radius 1 is 0.929 bits per heavy atom. The van der Waals surface area contributed by atoms with Gasteiger partial charge in [-0.05, 0) is 33.4 Å². The molecule has 0 amide bonds. The van der Waals surface area contributed by atoms with Crippen molar-refractivity contribution in [2.24, 2.45) is 0 Å². The number of carbonyl (C=O) groups excluding carboxylic acids is 1. The Labute approximate surface area is 251 Å². The summed E-state index contributed by atoms with van der Waals surface area (Å²) >= 11 is 0. The zero-order valence-electron chi connectivity index (χ0n) is 17.7. The van der Waals surface area contributed by atoms with Gasteiger partial charge in [-0.25, -0.2) is 0 Å². The molecule has 0 radical (unpaired) electrons. The molecule has 0 saturated carbocycles. The standard InChI is InChI=1S/C17H30N2O7.2K/c1-5-6-7-14(20)10-18(11(2)15(21)22)8-9-19(12(3)16(23)24)13(4)17(25)26;;/h10-13,20H,5-9H2,1-4H3,(H,21,22)(H,23,24)(H,25,26);;/q;2*+1/p-2/b14-10-;;. The van der Waals surface area contributed by atoms with Crippen LogP contribution in [0.1, 0.15) is 47.0 Å². The largest absolute Gasteiger partial charge is 1.00 e. The Kier molecular flexibility index (Phi) is 21.2. The quantitative estimate of drug-likeness (QED) is 0.207. The zero-order chi connectivity index (χ0) is 20.4. The minimum atomic E-state index is -1.38. The first kappa shape index (κ1) is 33.6. The first-order valence-corrected chi connectivity index (χ1v) is 8.58. The molecule has 150 valence electrons. The first-order chi connectivity index (χ1) is 12.0. The number of carbonyl (C=O) groups is 3. The predicted octanol–water partition coefficient (Wildman–Crippen LogP) is -6.93. The van der Waals surface area contributed by atoms with Crippen LogP contribution in [-0.4, -0.2) is 69.1 Å². The van der Waals surface area contributed by atoms with E-state index in [1.807, 2.05) is 6.92 Å². The average molecular weight is 451 g/mol.